The first kappa shape index (κ1) is 22.0. The summed E-state index contributed by atoms with van der Waals surface area (Å²) in [5.74, 6) is -1.17. The molecular formula is C22H22ClN3O3. The van der Waals surface area contributed by atoms with Gasteiger partial charge < -0.3 is 15.4 Å². The number of rotatable bonds is 8. The number of halogens is 1. The van der Waals surface area contributed by atoms with Gasteiger partial charge in [-0.3, -0.25) is 4.79 Å². The zero-order chi connectivity index (χ0) is 21.2. The van der Waals surface area contributed by atoms with E-state index in [0.717, 1.165) is 18.4 Å². The summed E-state index contributed by atoms with van der Waals surface area (Å²) in [6, 6.07) is 13.7. The standard InChI is InChI=1S/C22H22ClN3O3/c1-3-4-12-29-22(28)17-8-5-6-10-20(17)26-21(27)16(13-24)14-25-19-11-7-9-18(23)15(19)2/h5-11,14,25H,3-4,12H2,1-2H3,(H,26,27)/b16-14-. The predicted octanol–water partition coefficient (Wildman–Crippen LogP) is 5.06. The molecule has 0 saturated heterocycles. The van der Waals surface area contributed by atoms with Crippen LogP contribution in [0.3, 0.4) is 0 Å². The number of para-hydroxylation sites is 1. The van der Waals surface area contributed by atoms with Gasteiger partial charge in [-0.2, -0.15) is 5.26 Å². The van der Waals surface area contributed by atoms with Gasteiger partial charge in [0.1, 0.15) is 11.6 Å². The van der Waals surface area contributed by atoms with Gasteiger partial charge in [0, 0.05) is 16.9 Å². The van der Waals surface area contributed by atoms with Crippen molar-refractivity contribution in [2.45, 2.75) is 26.7 Å². The van der Waals surface area contributed by atoms with Crippen molar-refractivity contribution in [1.82, 2.24) is 0 Å². The number of unbranched alkanes of at least 4 members (excludes halogenated alkanes) is 1. The lowest BCUT2D eigenvalue weighted by molar-refractivity contribution is -0.112. The van der Waals surface area contributed by atoms with Crippen molar-refractivity contribution in [3.63, 3.8) is 0 Å². The SMILES string of the molecule is CCCCOC(=O)c1ccccc1NC(=O)/C(C#N)=C\Nc1cccc(Cl)c1C. The lowest BCUT2D eigenvalue weighted by Gasteiger charge is -2.11. The van der Waals surface area contributed by atoms with Crippen LogP contribution in [0.15, 0.2) is 54.2 Å². The molecule has 2 aromatic rings. The summed E-state index contributed by atoms with van der Waals surface area (Å²) in [5, 5.41) is 15.5. The van der Waals surface area contributed by atoms with Gasteiger partial charge in [-0.25, -0.2) is 4.79 Å². The van der Waals surface area contributed by atoms with E-state index in [0.29, 0.717) is 17.3 Å². The van der Waals surface area contributed by atoms with E-state index in [9.17, 15) is 14.9 Å². The smallest absolute Gasteiger partial charge is 0.340 e. The summed E-state index contributed by atoms with van der Waals surface area (Å²) >= 11 is 6.08. The largest absolute Gasteiger partial charge is 0.462 e. The third-order valence-corrected chi connectivity index (χ3v) is 4.54. The molecule has 0 aliphatic heterocycles. The zero-order valence-electron chi connectivity index (χ0n) is 16.3. The molecule has 6 nitrogen and oxygen atoms in total. The highest BCUT2D eigenvalue weighted by atomic mass is 35.5. The minimum atomic E-state index is -0.645. The van der Waals surface area contributed by atoms with E-state index >= 15 is 0 Å². The molecule has 0 aromatic heterocycles. The molecule has 0 spiro atoms. The second kappa shape index (κ2) is 10.9. The van der Waals surface area contributed by atoms with E-state index in [1.54, 1.807) is 42.5 Å². The van der Waals surface area contributed by atoms with Crippen LogP contribution < -0.4 is 10.6 Å². The molecule has 0 saturated carbocycles. The molecule has 1 amide bonds. The van der Waals surface area contributed by atoms with Gasteiger partial charge in [0.05, 0.1) is 17.9 Å². The average Bonchev–Trinajstić information content (AvgIpc) is 2.72. The van der Waals surface area contributed by atoms with Crippen molar-refractivity contribution >= 4 is 34.9 Å². The molecule has 0 fully saturated rings. The molecular weight excluding hydrogens is 390 g/mol. The van der Waals surface area contributed by atoms with Crippen molar-refractivity contribution in [2.24, 2.45) is 0 Å². The van der Waals surface area contributed by atoms with Crippen molar-refractivity contribution < 1.29 is 14.3 Å². The van der Waals surface area contributed by atoms with Crippen molar-refractivity contribution in [1.29, 1.82) is 5.26 Å². The number of hydrogen-bond donors (Lipinski definition) is 2. The van der Waals surface area contributed by atoms with Crippen LogP contribution in [0.25, 0.3) is 0 Å². The maximum absolute atomic E-state index is 12.5. The number of carbonyl (C=O) groups excluding carboxylic acids is 2. The van der Waals surface area contributed by atoms with E-state index in [1.807, 2.05) is 19.9 Å². The Bertz CT molecular complexity index is 964. The van der Waals surface area contributed by atoms with E-state index in [-0.39, 0.29) is 16.8 Å². The highest BCUT2D eigenvalue weighted by molar-refractivity contribution is 6.31. The molecule has 150 valence electrons. The number of hydrogen-bond acceptors (Lipinski definition) is 5. The van der Waals surface area contributed by atoms with Gasteiger partial charge in [0.2, 0.25) is 0 Å². The van der Waals surface area contributed by atoms with Crippen LogP contribution in [-0.4, -0.2) is 18.5 Å². The van der Waals surface area contributed by atoms with Crippen LogP contribution in [0.1, 0.15) is 35.7 Å². The van der Waals surface area contributed by atoms with Gasteiger partial charge >= 0.3 is 5.97 Å². The zero-order valence-corrected chi connectivity index (χ0v) is 17.0. The lowest BCUT2D eigenvalue weighted by atomic mass is 10.1. The molecule has 0 radical (unpaired) electrons. The van der Waals surface area contributed by atoms with E-state index in [2.05, 4.69) is 10.6 Å². The lowest BCUT2D eigenvalue weighted by Crippen LogP contribution is -2.18. The van der Waals surface area contributed by atoms with Crippen LogP contribution in [0.2, 0.25) is 5.02 Å². The van der Waals surface area contributed by atoms with Gasteiger partial charge in [-0.1, -0.05) is 43.1 Å². The molecule has 2 aromatic carbocycles. The summed E-state index contributed by atoms with van der Waals surface area (Å²) < 4.78 is 5.21. The van der Waals surface area contributed by atoms with Crippen LogP contribution in [-0.2, 0) is 9.53 Å². The number of nitrogens with one attached hydrogen (secondary N) is 2. The Morgan fingerprint density at radius 2 is 1.90 bits per heavy atom. The predicted molar refractivity (Wildman–Crippen MR) is 114 cm³/mol. The maximum atomic E-state index is 12.5. The Morgan fingerprint density at radius 3 is 2.62 bits per heavy atom. The molecule has 7 heteroatoms. The number of anilines is 2. The van der Waals surface area contributed by atoms with Gasteiger partial charge in [-0.05, 0) is 43.2 Å². The van der Waals surface area contributed by atoms with Crippen LogP contribution >= 0.6 is 11.6 Å². The third kappa shape index (κ3) is 6.09. The first-order valence-corrected chi connectivity index (χ1v) is 9.55. The Kier molecular flexibility index (Phi) is 8.26. The third-order valence-electron chi connectivity index (χ3n) is 4.13. The van der Waals surface area contributed by atoms with Crippen molar-refractivity contribution in [3.05, 3.63) is 70.4 Å². The summed E-state index contributed by atoms with van der Waals surface area (Å²) in [6.45, 7) is 4.13. The van der Waals surface area contributed by atoms with Crippen LogP contribution in [0.4, 0.5) is 11.4 Å². The number of carbonyl (C=O) groups is 2. The van der Waals surface area contributed by atoms with Crippen molar-refractivity contribution in [2.75, 3.05) is 17.2 Å². The van der Waals surface area contributed by atoms with Gasteiger partial charge in [-0.15, -0.1) is 0 Å². The fourth-order valence-corrected chi connectivity index (χ4v) is 2.58. The quantitative estimate of drug-likeness (QED) is 0.274. The Morgan fingerprint density at radius 1 is 1.17 bits per heavy atom. The monoisotopic (exact) mass is 411 g/mol. The van der Waals surface area contributed by atoms with Crippen LogP contribution in [0.5, 0.6) is 0 Å². The number of amides is 1. The highest BCUT2D eigenvalue weighted by Gasteiger charge is 2.16. The molecule has 0 atom stereocenters. The molecule has 0 bridgehead atoms. The molecule has 0 aliphatic carbocycles. The molecule has 2 N–H and O–H groups in total. The highest BCUT2D eigenvalue weighted by Crippen LogP contribution is 2.23. The maximum Gasteiger partial charge on any atom is 0.340 e. The first-order valence-electron chi connectivity index (χ1n) is 9.17. The Labute approximate surface area is 175 Å². The number of esters is 1. The van der Waals surface area contributed by atoms with E-state index in [1.165, 1.54) is 6.20 Å². The Balaban J connectivity index is 2.15. The molecule has 29 heavy (non-hydrogen) atoms. The summed E-state index contributed by atoms with van der Waals surface area (Å²) in [4.78, 5) is 24.8. The molecule has 0 heterocycles. The normalized spacial score (nSPS) is 10.8. The number of nitrogens with zero attached hydrogens (tertiary/aromatic N) is 1. The summed E-state index contributed by atoms with van der Waals surface area (Å²) in [6.07, 6.45) is 2.97. The van der Waals surface area contributed by atoms with E-state index in [4.69, 9.17) is 16.3 Å². The van der Waals surface area contributed by atoms with E-state index < -0.39 is 11.9 Å². The van der Waals surface area contributed by atoms with Gasteiger partial charge in [0.15, 0.2) is 0 Å². The van der Waals surface area contributed by atoms with Gasteiger partial charge in [0.25, 0.3) is 5.91 Å². The average molecular weight is 412 g/mol. The van der Waals surface area contributed by atoms with Crippen LogP contribution in [0, 0.1) is 18.3 Å². The second-order valence-electron chi connectivity index (χ2n) is 6.22. The van der Waals surface area contributed by atoms with Crippen molar-refractivity contribution in [3.8, 4) is 6.07 Å². The summed E-state index contributed by atoms with van der Waals surface area (Å²) in [5.41, 5.74) is 1.83. The molecule has 0 aliphatic rings. The summed E-state index contributed by atoms with van der Waals surface area (Å²) in [7, 11) is 0. The fourth-order valence-electron chi connectivity index (χ4n) is 2.41. The Hall–Kier alpha value is -3.30. The second-order valence-corrected chi connectivity index (χ2v) is 6.62. The topological polar surface area (TPSA) is 91.2 Å². The number of nitriles is 1. The molecule has 0 unspecified atom stereocenters. The number of ether oxygens (including phenoxy) is 1. The first-order chi connectivity index (χ1) is 14.0. The minimum absolute atomic E-state index is 0.154. The molecule has 2 rings (SSSR count). The fraction of sp³-hybridized carbons (Fsp3) is 0.227. The minimum Gasteiger partial charge on any atom is -0.462 e. The number of benzene rings is 2.